The highest BCUT2D eigenvalue weighted by Gasteiger charge is 2.69. The van der Waals surface area contributed by atoms with Crippen LogP contribution in [0.4, 0.5) is 0 Å². The van der Waals surface area contributed by atoms with E-state index >= 15 is 0 Å². The van der Waals surface area contributed by atoms with E-state index in [0.717, 1.165) is 68.2 Å². The first-order chi connectivity index (χ1) is 22.6. The number of allylic oxidation sites excluding steroid dienone is 2. The number of fused-ring (bicyclic) bond motifs is 8. The van der Waals surface area contributed by atoms with Crippen molar-refractivity contribution < 1.29 is 19.1 Å². The second kappa shape index (κ2) is 11.4. The Balaban J connectivity index is 1.28. The number of pyridine rings is 1. The van der Waals surface area contributed by atoms with Crippen LogP contribution in [0.15, 0.2) is 48.0 Å². The first-order valence-corrected chi connectivity index (χ1v) is 18.7. The molecule has 5 nitrogen and oxygen atoms in total. The van der Waals surface area contributed by atoms with Gasteiger partial charge < -0.3 is 9.47 Å². The zero-order valence-electron chi connectivity index (χ0n) is 30.3. The summed E-state index contributed by atoms with van der Waals surface area (Å²) >= 11 is 6.61. The van der Waals surface area contributed by atoms with Crippen molar-refractivity contribution in [2.75, 3.05) is 7.11 Å². The largest absolute Gasteiger partial charge is 0.465 e. The quantitative estimate of drug-likeness (QED) is 0.184. The van der Waals surface area contributed by atoms with Crippen LogP contribution in [0.5, 0.6) is 0 Å². The zero-order chi connectivity index (χ0) is 34.4. The Bertz CT molecular complexity index is 1670. The minimum atomic E-state index is -0.461. The van der Waals surface area contributed by atoms with Crippen molar-refractivity contribution in [2.45, 2.75) is 112 Å². The van der Waals surface area contributed by atoms with Crippen LogP contribution < -0.4 is 0 Å². The minimum absolute atomic E-state index is 0.00601. The fraction of sp³-hybridized carbons (Fsp3) is 0.643. The summed E-state index contributed by atoms with van der Waals surface area (Å²) in [6.07, 6.45) is 10.6. The van der Waals surface area contributed by atoms with Crippen molar-refractivity contribution in [2.24, 2.45) is 51.2 Å². The number of esters is 2. The van der Waals surface area contributed by atoms with Gasteiger partial charge in [-0.05, 0) is 114 Å². The molecular weight excluding hydrogens is 618 g/mol. The van der Waals surface area contributed by atoms with Gasteiger partial charge in [0.25, 0.3) is 0 Å². The third kappa shape index (κ3) is 4.57. The number of methoxy groups -OCH3 is 1. The molecule has 1 aromatic carbocycles. The molecule has 0 saturated heterocycles. The first-order valence-electron chi connectivity index (χ1n) is 18.3. The lowest BCUT2D eigenvalue weighted by atomic mass is 9.33. The molecule has 3 fully saturated rings. The number of ether oxygens (including phenoxy) is 2. The Labute approximate surface area is 292 Å². The molecule has 9 atom stereocenters. The molecule has 3 saturated carbocycles. The molecule has 0 unspecified atom stereocenters. The number of nitrogens with zero attached hydrogens (tertiary/aromatic N) is 1. The van der Waals surface area contributed by atoms with Gasteiger partial charge in [-0.3, -0.25) is 4.79 Å². The second-order valence-electron chi connectivity index (χ2n) is 17.6. The van der Waals surface area contributed by atoms with Crippen LogP contribution in [0.3, 0.4) is 0 Å². The van der Waals surface area contributed by atoms with Crippen LogP contribution in [-0.4, -0.2) is 24.0 Å². The van der Waals surface area contributed by atoms with E-state index in [1.807, 2.05) is 36.4 Å². The van der Waals surface area contributed by atoms with E-state index in [1.54, 1.807) is 5.57 Å². The predicted octanol–water partition coefficient (Wildman–Crippen LogP) is 9.94. The molecule has 0 N–H and O–H groups in total. The van der Waals surface area contributed by atoms with Crippen LogP contribution in [0.2, 0.25) is 5.15 Å². The van der Waals surface area contributed by atoms with E-state index in [2.05, 4.69) is 54.5 Å². The van der Waals surface area contributed by atoms with Gasteiger partial charge in [-0.2, -0.15) is 0 Å². The van der Waals surface area contributed by atoms with Crippen LogP contribution in [0, 0.1) is 51.2 Å². The number of hydrogen-bond donors (Lipinski definition) is 0. The molecular formula is C42H54ClNO4. The Hall–Kier alpha value is -2.66. The summed E-state index contributed by atoms with van der Waals surface area (Å²) in [4.78, 5) is 31.9. The number of rotatable bonds is 4. The average molecular weight is 672 g/mol. The number of benzene rings is 1. The number of carbonyl (C=O) groups excluding carboxylic acids is 2. The molecule has 1 aromatic heterocycles. The van der Waals surface area contributed by atoms with Gasteiger partial charge in [0.15, 0.2) is 0 Å². The van der Waals surface area contributed by atoms with Crippen molar-refractivity contribution in [3.63, 3.8) is 0 Å². The van der Waals surface area contributed by atoms with Crippen molar-refractivity contribution in [3.8, 4) is 0 Å². The van der Waals surface area contributed by atoms with Crippen LogP contribution in [0.25, 0.3) is 0 Å². The number of hydrogen-bond acceptors (Lipinski definition) is 5. The van der Waals surface area contributed by atoms with Gasteiger partial charge in [0.2, 0.25) is 0 Å². The maximum absolute atomic E-state index is 14.4. The number of carbonyl (C=O) groups is 2. The Morgan fingerprint density at radius 3 is 2.40 bits per heavy atom. The summed E-state index contributed by atoms with van der Waals surface area (Å²) in [7, 11) is 1.40. The third-order valence-electron chi connectivity index (χ3n) is 15.4. The molecule has 0 radical (unpaired) electrons. The van der Waals surface area contributed by atoms with E-state index in [-0.39, 0.29) is 38.7 Å². The molecule has 258 valence electrons. The van der Waals surface area contributed by atoms with E-state index in [4.69, 9.17) is 26.1 Å². The van der Waals surface area contributed by atoms with Crippen LogP contribution in [0.1, 0.15) is 121 Å². The lowest BCUT2D eigenvalue weighted by Crippen LogP contribution is -2.65. The fourth-order valence-corrected chi connectivity index (χ4v) is 12.8. The first kappa shape index (κ1) is 33.8. The monoisotopic (exact) mass is 671 g/mol. The topological polar surface area (TPSA) is 65.5 Å². The third-order valence-corrected chi connectivity index (χ3v) is 15.7. The fourth-order valence-electron chi connectivity index (χ4n) is 12.6. The molecule has 0 aliphatic heterocycles. The lowest BCUT2D eigenvalue weighted by Gasteiger charge is -2.71. The number of aromatic nitrogens is 1. The Kier molecular flexibility index (Phi) is 8.06. The van der Waals surface area contributed by atoms with Crippen LogP contribution in [-0.2, 0) is 32.7 Å². The Morgan fingerprint density at radius 1 is 0.958 bits per heavy atom. The van der Waals surface area contributed by atoms with Gasteiger partial charge in [0, 0.05) is 5.41 Å². The maximum atomic E-state index is 14.4. The van der Waals surface area contributed by atoms with Gasteiger partial charge in [-0.1, -0.05) is 102 Å². The zero-order valence-corrected chi connectivity index (χ0v) is 31.0. The number of halogens is 1. The molecule has 6 heteroatoms. The molecule has 7 rings (SSSR count). The Morgan fingerprint density at radius 2 is 1.69 bits per heavy atom. The minimum Gasteiger partial charge on any atom is -0.465 e. The van der Waals surface area contributed by atoms with Gasteiger partial charge in [0.05, 0.1) is 23.8 Å². The van der Waals surface area contributed by atoms with Crippen molar-refractivity contribution in [3.05, 3.63) is 75.6 Å². The highest BCUT2D eigenvalue weighted by atomic mass is 35.5. The summed E-state index contributed by atoms with van der Waals surface area (Å²) in [6.45, 7) is 17.5. The van der Waals surface area contributed by atoms with Gasteiger partial charge in [-0.15, -0.1) is 0 Å². The summed E-state index contributed by atoms with van der Waals surface area (Å²) < 4.78 is 11.3. The normalized spacial score (nSPS) is 39.4. The summed E-state index contributed by atoms with van der Waals surface area (Å²) in [5.41, 5.74) is 4.52. The molecule has 5 aliphatic rings. The lowest BCUT2D eigenvalue weighted by molar-refractivity contribution is -0.184. The van der Waals surface area contributed by atoms with E-state index < -0.39 is 11.4 Å². The van der Waals surface area contributed by atoms with Gasteiger partial charge >= 0.3 is 11.9 Å². The van der Waals surface area contributed by atoms with Crippen molar-refractivity contribution in [1.82, 2.24) is 4.98 Å². The van der Waals surface area contributed by atoms with E-state index in [9.17, 15) is 9.59 Å². The van der Waals surface area contributed by atoms with Crippen molar-refractivity contribution >= 4 is 23.5 Å². The molecule has 5 aliphatic carbocycles. The van der Waals surface area contributed by atoms with Crippen molar-refractivity contribution in [1.29, 1.82) is 0 Å². The molecule has 48 heavy (non-hydrogen) atoms. The summed E-state index contributed by atoms with van der Waals surface area (Å²) in [6, 6.07) is 12.1. The SMILES string of the molecule is COC(=O)c1cc2c(nc1Cl)C(C)(C)[C@@H]1CC[C@]3(C)[C@H](CC=C4[C@@H]5[C@@H](C)[C@H](C)CC[C@]5(C(=O)OCc5ccccc5)CC[C@]43C)[C@@]1(C)C2. The van der Waals surface area contributed by atoms with Gasteiger partial charge in [-0.25, -0.2) is 9.78 Å². The summed E-state index contributed by atoms with van der Waals surface area (Å²) in [5, 5.41) is 0.236. The van der Waals surface area contributed by atoms with Gasteiger partial charge in [0.1, 0.15) is 11.8 Å². The average Bonchev–Trinajstić information content (AvgIpc) is 3.05. The molecule has 0 spiro atoms. The van der Waals surface area contributed by atoms with Crippen LogP contribution >= 0.6 is 11.6 Å². The molecule has 2 aromatic rings. The predicted molar refractivity (Wildman–Crippen MR) is 190 cm³/mol. The second-order valence-corrected chi connectivity index (χ2v) is 17.9. The molecule has 1 heterocycles. The molecule has 0 amide bonds. The van der Waals surface area contributed by atoms with E-state index in [1.165, 1.54) is 7.11 Å². The summed E-state index contributed by atoms with van der Waals surface area (Å²) in [5.74, 6) is 1.64. The maximum Gasteiger partial charge on any atom is 0.341 e. The smallest absolute Gasteiger partial charge is 0.341 e. The molecule has 0 bridgehead atoms. The highest BCUT2D eigenvalue weighted by Crippen LogP contribution is 2.75. The highest BCUT2D eigenvalue weighted by molar-refractivity contribution is 6.32. The van der Waals surface area contributed by atoms with E-state index in [0.29, 0.717) is 35.8 Å². The standard InChI is InChI=1S/C42H54ClNO4/c1-25-16-19-42(37(46)48-24-27-12-10-9-11-13-27)21-20-40(6)30(33(42)26(25)2)14-15-32-39(5)23-28-22-29(36(45)47-8)35(43)44-34(28)38(3,4)31(39)17-18-41(32,40)7/h9-14,22,25-26,31-33H,15-21,23-24H2,1-8H3/t25-,26+,31+,32-,33+,39+,40-,41-,42+/m1/s1.